The smallest absolute Gasteiger partial charge is 0.242 e. The van der Waals surface area contributed by atoms with Crippen LogP contribution in [-0.4, -0.2) is 51.0 Å². The molecule has 0 aliphatic rings. The van der Waals surface area contributed by atoms with Crippen molar-refractivity contribution in [3.05, 3.63) is 66.0 Å². The molecule has 0 radical (unpaired) electrons. The first-order valence-electron chi connectivity index (χ1n) is 9.92. The van der Waals surface area contributed by atoms with Crippen LogP contribution in [0.1, 0.15) is 25.3 Å². The van der Waals surface area contributed by atoms with Gasteiger partial charge in [-0.1, -0.05) is 36.4 Å². The van der Waals surface area contributed by atoms with Gasteiger partial charge in [-0.15, -0.1) is 0 Å². The Labute approximate surface area is 182 Å². The maximum absolute atomic E-state index is 14.1. The second-order valence-corrected chi connectivity index (χ2v) is 9.08. The van der Waals surface area contributed by atoms with Gasteiger partial charge < -0.3 is 10.2 Å². The van der Waals surface area contributed by atoms with E-state index in [0.717, 1.165) is 6.26 Å². The van der Waals surface area contributed by atoms with Crippen LogP contribution in [0.3, 0.4) is 0 Å². The summed E-state index contributed by atoms with van der Waals surface area (Å²) < 4.78 is 39.7. The van der Waals surface area contributed by atoms with Crippen molar-refractivity contribution in [2.24, 2.45) is 0 Å². The number of amides is 2. The number of nitrogens with one attached hydrogen (secondary N) is 1. The van der Waals surface area contributed by atoms with Crippen LogP contribution in [0.2, 0.25) is 0 Å². The largest absolute Gasteiger partial charge is 0.357 e. The predicted molar refractivity (Wildman–Crippen MR) is 118 cm³/mol. The molecule has 2 rings (SSSR count). The molecule has 0 fully saturated rings. The number of halogens is 1. The Balaban J connectivity index is 2.13. The number of anilines is 1. The van der Waals surface area contributed by atoms with Crippen molar-refractivity contribution < 1.29 is 22.4 Å². The Kier molecular flexibility index (Phi) is 8.56. The van der Waals surface area contributed by atoms with E-state index in [9.17, 15) is 22.4 Å². The van der Waals surface area contributed by atoms with Gasteiger partial charge >= 0.3 is 0 Å². The Hall–Kier alpha value is -2.94. The van der Waals surface area contributed by atoms with E-state index < -0.39 is 21.9 Å². The molecule has 31 heavy (non-hydrogen) atoms. The molecular weight excluding hydrogens is 421 g/mol. The Morgan fingerprint density at radius 1 is 1.06 bits per heavy atom. The summed E-state index contributed by atoms with van der Waals surface area (Å²) >= 11 is 0. The molecule has 0 aliphatic carbocycles. The van der Waals surface area contributed by atoms with Gasteiger partial charge in [-0.2, -0.15) is 0 Å². The maximum Gasteiger partial charge on any atom is 0.242 e. The summed E-state index contributed by atoms with van der Waals surface area (Å²) in [6.45, 7) is 1.62. The predicted octanol–water partition coefficient (Wildman–Crippen LogP) is 2.54. The third-order valence-corrected chi connectivity index (χ3v) is 6.10. The van der Waals surface area contributed by atoms with Gasteiger partial charge in [0, 0.05) is 32.1 Å². The van der Waals surface area contributed by atoms with Crippen molar-refractivity contribution in [3.8, 4) is 0 Å². The zero-order valence-electron chi connectivity index (χ0n) is 17.9. The molecule has 7 nitrogen and oxygen atoms in total. The molecule has 2 aromatic rings. The third kappa shape index (κ3) is 6.78. The molecule has 0 spiro atoms. The molecular formula is C22H28FN3O4S. The highest BCUT2D eigenvalue weighted by atomic mass is 32.2. The van der Waals surface area contributed by atoms with Gasteiger partial charge in [0.05, 0.1) is 11.9 Å². The van der Waals surface area contributed by atoms with Crippen LogP contribution in [-0.2, 0) is 26.2 Å². The Morgan fingerprint density at radius 2 is 1.68 bits per heavy atom. The lowest BCUT2D eigenvalue weighted by Crippen LogP contribution is -2.47. The van der Waals surface area contributed by atoms with E-state index >= 15 is 0 Å². The molecule has 9 heteroatoms. The quantitative estimate of drug-likeness (QED) is 0.604. The summed E-state index contributed by atoms with van der Waals surface area (Å²) in [4.78, 5) is 26.4. The van der Waals surface area contributed by atoms with Gasteiger partial charge in [-0.25, -0.2) is 12.8 Å². The number of hydrogen-bond acceptors (Lipinski definition) is 4. The summed E-state index contributed by atoms with van der Waals surface area (Å²) in [5.41, 5.74) is 0.813. The number of benzene rings is 2. The van der Waals surface area contributed by atoms with Crippen LogP contribution >= 0.6 is 0 Å². The standard InChI is InChI=1S/C22H28FN3O4S/c1-17(22(28)24-2)25(16-18-10-7-8-13-20(18)23)21(27)14-9-15-26(31(3,29)30)19-11-5-4-6-12-19/h4-8,10-13,17H,9,14-16H2,1-3H3,(H,24,28)/t17-/m0/s1. The molecule has 0 aliphatic heterocycles. The van der Waals surface area contributed by atoms with Crippen molar-refractivity contribution in [2.75, 3.05) is 24.2 Å². The highest BCUT2D eigenvalue weighted by molar-refractivity contribution is 7.92. The van der Waals surface area contributed by atoms with Crippen molar-refractivity contribution in [2.45, 2.75) is 32.4 Å². The van der Waals surface area contributed by atoms with Crippen LogP contribution in [0, 0.1) is 5.82 Å². The van der Waals surface area contributed by atoms with E-state index in [-0.39, 0.29) is 37.7 Å². The van der Waals surface area contributed by atoms with Crippen LogP contribution in [0.5, 0.6) is 0 Å². The fourth-order valence-corrected chi connectivity index (χ4v) is 4.17. The number of nitrogens with zero attached hydrogens (tertiary/aromatic N) is 2. The lowest BCUT2D eigenvalue weighted by molar-refractivity contribution is -0.140. The number of hydrogen-bond donors (Lipinski definition) is 1. The molecule has 0 unspecified atom stereocenters. The fourth-order valence-electron chi connectivity index (χ4n) is 3.20. The summed E-state index contributed by atoms with van der Waals surface area (Å²) in [6, 6.07) is 13.9. The van der Waals surface area contributed by atoms with Gasteiger partial charge in [0.1, 0.15) is 11.9 Å². The molecule has 1 atom stereocenters. The number of rotatable bonds is 10. The number of para-hydroxylation sites is 1. The van der Waals surface area contributed by atoms with Crippen molar-refractivity contribution >= 4 is 27.5 Å². The molecule has 0 saturated carbocycles. The molecule has 2 aromatic carbocycles. The highest BCUT2D eigenvalue weighted by Gasteiger charge is 2.26. The third-order valence-electron chi connectivity index (χ3n) is 4.91. The van der Waals surface area contributed by atoms with Gasteiger partial charge in [0.15, 0.2) is 0 Å². The van der Waals surface area contributed by atoms with Gasteiger partial charge in [-0.3, -0.25) is 13.9 Å². The first-order chi connectivity index (χ1) is 14.6. The first kappa shape index (κ1) is 24.3. The molecule has 1 N–H and O–H groups in total. The molecule has 0 saturated heterocycles. The van der Waals surface area contributed by atoms with Gasteiger partial charge in [0.25, 0.3) is 0 Å². The minimum Gasteiger partial charge on any atom is -0.357 e. The lowest BCUT2D eigenvalue weighted by Gasteiger charge is -2.29. The average Bonchev–Trinajstić information content (AvgIpc) is 2.74. The normalized spacial score (nSPS) is 12.1. The van der Waals surface area contributed by atoms with E-state index in [4.69, 9.17) is 0 Å². The number of likely N-dealkylation sites (N-methyl/N-ethyl adjacent to an activating group) is 1. The van der Waals surface area contributed by atoms with Crippen LogP contribution < -0.4 is 9.62 Å². The number of carbonyl (C=O) groups excluding carboxylic acids is 2. The van der Waals surface area contributed by atoms with Crippen molar-refractivity contribution in [1.82, 2.24) is 10.2 Å². The molecule has 0 bridgehead atoms. The first-order valence-corrected chi connectivity index (χ1v) is 11.8. The average molecular weight is 450 g/mol. The molecule has 0 heterocycles. The summed E-state index contributed by atoms with van der Waals surface area (Å²) in [5.74, 6) is -1.19. The van der Waals surface area contributed by atoms with Crippen molar-refractivity contribution in [3.63, 3.8) is 0 Å². The molecule has 2 amide bonds. The monoisotopic (exact) mass is 449 g/mol. The van der Waals surface area contributed by atoms with E-state index in [1.54, 1.807) is 55.5 Å². The number of sulfonamides is 1. The van der Waals surface area contributed by atoms with Gasteiger partial charge in [-0.05, 0) is 31.5 Å². The second-order valence-electron chi connectivity index (χ2n) is 7.18. The van der Waals surface area contributed by atoms with E-state index in [2.05, 4.69) is 5.32 Å². The van der Waals surface area contributed by atoms with E-state index in [0.29, 0.717) is 11.3 Å². The fraction of sp³-hybridized carbons (Fsp3) is 0.364. The van der Waals surface area contributed by atoms with Crippen LogP contribution in [0.4, 0.5) is 10.1 Å². The zero-order chi connectivity index (χ0) is 23.0. The summed E-state index contributed by atoms with van der Waals surface area (Å²) in [7, 11) is -2.06. The minimum atomic E-state index is -3.53. The van der Waals surface area contributed by atoms with E-state index in [1.165, 1.54) is 22.3 Å². The topological polar surface area (TPSA) is 86.8 Å². The lowest BCUT2D eigenvalue weighted by atomic mass is 10.1. The summed E-state index contributed by atoms with van der Waals surface area (Å²) in [6.07, 6.45) is 1.36. The number of carbonyl (C=O) groups is 2. The van der Waals surface area contributed by atoms with E-state index in [1.807, 2.05) is 0 Å². The molecule has 168 valence electrons. The maximum atomic E-state index is 14.1. The molecule has 0 aromatic heterocycles. The van der Waals surface area contributed by atoms with Crippen LogP contribution in [0.15, 0.2) is 54.6 Å². The second kappa shape index (κ2) is 10.9. The highest BCUT2D eigenvalue weighted by Crippen LogP contribution is 2.19. The van der Waals surface area contributed by atoms with Crippen molar-refractivity contribution in [1.29, 1.82) is 0 Å². The summed E-state index contributed by atoms with van der Waals surface area (Å²) in [5, 5.41) is 2.50. The SMILES string of the molecule is CNC(=O)[C@H](C)N(Cc1ccccc1F)C(=O)CCCN(c1ccccc1)S(C)(=O)=O. The van der Waals surface area contributed by atoms with Gasteiger partial charge in [0.2, 0.25) is 21.8 Å². The Morgan fingerprint density at radius 3 is 2.26 bits per heavy atom. The Bertz CT molecular complexity index is 999. The van der Waals surface area contributed by atoms with Crippen LogP contribution in [0.25, 0.3) is 0 Å². The zero-order valence-corrected chi connectivity index (χ0v) is 18.7. The minimum absolute atomic E-state index is 0.00857.